The van der Waals surface area contributed by atoms with Gasteiger partial charge in [0.2, 0.25) is 21.8 Å². The number of piperazine rings is 1. The summed E-state index contributed by atoms with van der Waals surface area (Å²) in [5.41, 5.74) is -0.976. The third-order valence-electron chi connectivity index (χ3n) is 7.94. The Kier molecular flexibility index (Phi) is 7.60. The van der Waals surface area contributed by atoms with Crippen LogP contribution in [0.5, 0.6) is 0 Å². The van der Waals surface area contributed by atoms with Crippen molar-refractivity contribution in [3.8, 4) is 6.07 Å². The summed E-state index contributed by atoms with van der Waals surface area (Å²) in [6, 6.07) is 14.1. The molecule has 0 bridgehead atoms. The van der Waals surface area contributed by atoms with Crippen LogP contribution >= 0.6 is 22.9 Å². The number of fused-ring (bicyclic) bond motifs is 2. The maximum atomic E-state index is 13.8. The molecule has 2 fully saturated rings. The highest BCUT2D eigenvalue weighted by Crippen LogP contribution is 2.45. The molecule has 3 atom stereocenters. The Morgan fingerprint density at radius 1 is 1.19 bits per heavy atom. The Bertz CT molecular complexity index is 1730. The van der Waals surface area contributed by atoms with E-state index in [0.29, 0.717) is 4.88 Å². The molecule has 3 aromatic rings. The summed E-state index contributed by atoms with van der Waals surface area (Å²) >= 11 is 7.41. The molecule has 2 unspecified atom stereocenters. The summed E-state index contributed by atoms with van der Waals surface area (Å²) in [5, 5.41) is 12.8. The van der Waals surface area contributed by atoms with Gasteiger partial charge in [0, 0.05) is 17.8 Å². The Morgan fingerprint density at radius 3 is 2.50 bits per heavy atom. The number of carbonyl (C=O) groups excluding carboxylic acids is 3. The first-order valence-electron chi connectivity index (χ1n) is 13.3. The molecule has 42 heavy (non-hydrogen) atoms. The van der Waals surface area contributed by atoms with E-state index in [1.54, 1.807) is 9.80 Å². The third-order valence-corrected chi connectivity index (χ3v) is 10.9. The second-order valence-corrected chi connectivity index (χ2v) is 15.1. The molecule has 2 aliphatic rings. The van der Waals surface area contributed by atoms with Crippen molar-refractivity contribution in [1.82, 2.24) is 19.8 Å². The molecule has 220 valence electrons. The number of amides is 3. The Labute approximate surface area is 253 Å². The minimum Gasteiger partial charge on any atom is -0.339 e. The van der Waals surface area contributed by atoms with E-state index in [1.807, 2.05) is 64.1 Å². The SMILES string of the molecule is CC(C)(C)C(NC(=O)c1cc2ccccc2s1)C(=O)N1C[C@H]2N(C(=O)CNS(=O)(=O)c3ccc(C#N)cc3Cl)CC21C. The number of halogens is 1. The van der Waals surface area contributed by atoms with Crippen molar-refractivity contribution in [3.63, 3.8) is 0 Å². The zero-order valence-electron chi connectivity index (χ0n) is 23.5. The molecule has 2 saturated heterocycles. The molecule has 10 nitrogen and oxygen atoms in total. The minimum atomic E-state index is -4.09. The van der Waals surface area contributed by atoms with Crippen LogP contribution in [0.2, 0.25) is 5.02 Å². The summed E-state index contributed by atoms with van der Waals surface area (Å²) in [7, 11) is -4.09. The molecule has 2 N–H and O–H groups in total. The van der Waals surface area contributed by atoms with Gasteiger partial charge in [0.15, 0.2) is 0 Å². The topological polar surface area (TPSA) is 140 Å². The molecule has 2 aliphatic heterocycles. The highest BCUT2D eigenvalue weighted by Gasteiger charge is 2.65. The fourth-order valence-corrected chi connectivity index (χ4v) is 7.92. The van der Waals surface area contributed by atoms with E-state index in [2.05, 4.69) is 10.0 Å². The van der Waals surface area contributed by atoms with Gasteiger partial charge in [-0.2, -0.15) is 5.26 Å². The fourth-order valence-electron chi connectivity index (χ4n) is 5.44. The van der Waals surface area contributed by atoms with Crippen molar-refractivity contribution in [2.24, 2.45) is 5.41 Å². The molecule has 0 saturated carbocycles. The van der Waals surface area contributed by atoms with Gasteiger partial charge in [0.1, 0.15) is 10.9 Å². The first kappa shape index (κ1) is 30.0. The number of benzene rings is 2. The van der Waals surface area contributed by atoms with Crippen molar-refractivity contribution in [2.45, 2.75) is 50.2 Å². The molecule has 1 aromatic heterocycles. The molecule has 2 aromatic carbocycles. The number of nitrogens with zero attached hydrogens (tertiary/aromatic N) is 3. The number of rotatable bonds is 7. The molecule has 3 amide bonds. The quantitative estimate of drug-likeness (QED) is 0.412. The molecule has 0 radical (unpaired) electrons. The first-order chi connectivity index (χ1) is 19.7. The van der Waals surface area contributed by atoms with E-state index in [-0.39, 0.29) is 46.4 Å². The van der Waals surface area contributed by atoms with E-state index >= 15 is 0 Å². The highest BCUT2D eigenvalue weighted by atomic mass is 35.5. The third kappa shape index (κ3) is 5.26. The number of nitrogens with one attached hydrogen (secondary N) is 2. The second-order valence-electron chi connectivity index (χ2n) is 11.8. The van der Waals surface area contributed by atoms with Crippen LogP contribution in [-0.2, 0) is 19.6 Å². The average Bonchev–Trinajstić information content (AvgIpc) is 3.37. The van der Waals surface area contributed by atoms with Gasteiger partial charge in [-0.25, -0.2) is 13.1 Å². The Morgan fingerprint density at radius 2 is 1.90 bits per heavy atom. The second kappa shape index (κ2) is 10.6. The van der Waals surface area contributed by atoms with Crippen LogP contribution < -0.4 is 10.0 Å². The van der Waals surface area contributed by atoms with Crippen LogP contribution in [-0.4, -0.2) is 73.2 Å². The van der Waals surface area contributed by atoms with Crippen LogP contribution in [0.25, 0.3) is 10.1 Å². The first-order valence-corrected chi connectivity index (χ1v) is 15.9. The molecular formula is C29H30ClN5O5S2. The lowest BCUT2D eigenvalue weighted by atomic mass is 9.70. The molecule has 0 aliphatic carbocycles. The molecule has 13 heteroatoms. The standard InChI is InChI=1S/C29H30ClN5O5S2/c1-28(2,3)25(33-26(37)21-12-18-7-5-6-8-20(18)41-21)27(38)35-15-23-29(35,4)16-34(23)24(36)14-32-42(39,40)22-10-9-17(13-31)11-19(22)30/h5-12,23,25,32H,14-16H2,1-4H3,(H,33,37)/t23-,25?,29?/m1/s1. The Hall–Kier alpha value is -3.50. The number of nitriles is 1. The van der Waals surface area contributed by atoms with Crippen LogP contribution in [0.1, 0.15) is 42.9 Å². The van der Waals surface area contributed by atoms with Gasteiger partial charge in [-0.15, -0.1) is 11.3 Å². The summed E-state index contributed by atoms with van der Waals surface area (Å²) in [5.74, 6) is -0.964. The van der Waals surface area contributed by atoms with Crippen molar-refractivity contribution < 1.29 is 22.8 Å². The Balaban J connectivity index is 1.21. The van der Waals surface area contributed by atoms with E-state index in [1.165, 1.54) is 29.5 Å². The van der Waals surface area contributed by atoms with Crippen LogP contribution in [0.3, 0.4) is 0 Å². The summed E-state index contributed by atoms with van der Waals surface area (Å²) < 4.78 is 28.7. The predicted molar refractivity (Wildman–Crippen MR) is 160 cm³/mol. The van der Waals surface area contributed by atoms with Crippen LogP contribution in [0, 0.1) is 16.7 Å². The molecular weight excluding hydrogens is 598 g/mol. The van der Waals surface area contributed by atoms with Crippen molar-refractivity contribution >= 4 is 60.8 Å². The van der Waals surface area contributed by atoms with Crippen LogP contribution in [0.4, 0.5) is 0 Å². The lowest BCUT2D eigenvalue weighted by Crippen LogP contribution is -2.89. The van der Waals surface area contributed by atoms with Crippen molar-refractivity contribution in [1.29, 1.82) is 5.26 Å². The van der Waals surface area contributed by atoms with Gasteiger partial charge in [-0.1, -0.05) is 50.6 Å². The van der Waals surface area contributed by atoms with Crippen molar-refractivity contribution in [3.05, 3.63) is 64.0 Å². The van der Waals surface area contributed by atoms with E-state index in [0.717, 1.165) is 10.1 Å². The number of sulfonamides is 1. The maximum Gasteiger partial charge on any atom is 0.262 e. The highest BCUT2D eigenvalue weighted by molar-refractivity contribution is 7.89. The number of thiophene rings is 1. The van der Waals surface area contributed by atoms with Gasteiger partial charge < -0.3 is 15.1 Å². The van der Waals surface area contributed by atoms with Gasteiger partial charge in [0.05, 0.1) is 39.7 Å². The molecule has 5 rings (SSSR count). The number of hydrogen-bond acceptors (Lipinski definition) is 7. The summed E-state index contributed by atoms with van der Waals surface area (Å²) in [4.78, 5) is 43.4. The van der Waals surface area contributed by atoms with E-state index in [4.69, 9.17) is 16.9 Å². The van der Waals surface area contributed by atoms with Crippen LogP contribution in [0.15, 0.2) is 53.4 Å². The summed E-state index contributed by atoms with van der Waals surface area (Å²) in [6.07, 6.45) is 0. The normalized spacial score (nSPS) is 20.6. The van der Waals surface area contributed by atoms with Gasteiger partial charge in [-0.05, 0) is 48.1 Å². The summed E-state index contributed by atoms with van der Waals surface area (Å²) in [6.45, 7) is 7.60. The number of hydrogen-bond donors (Lipinski definition) is 2. The number of carbonyl (C=O) groups is 3. The fraction of sp³-hybridized carbons (Fsp3) is 0.379. The molecule has 3 heterocycles. The predicted octanol–water partition coefficient (Wildman–Crippen LogP) is 3.36. The van der Waals surface area contributed by atoms with E-state index < -0.39 is 39.5 Å². The largest absolute Gasteiger partial charge is 0.339 e. The smallest absolute Gasteiger partial charge is 0.262 e. The monoisotopic (exact) mass is 627 g/mol. The minimum absolute atomic E-state index is 0.119. The van der Waals surface area contributed by atoms with Gasteiger partial charge in [0.25, 0.3) is 5.91 Å². The lowest BCUT2D eigenvalue weighted by molar-refractivity contribution is -0.206. The zero-order valence-corrected chi connectivity index (χ0v) is 25.9. The number of likely N-dealkylation sites (tertiary alicyclic amines) is 2. The van der Waals surface area contributed by atoms with Crippen molar-refractivity contribution in [2.75, 3.05) is 19.6 Å². The van der Waals surface area contributed by atoms with Gasteiger partial charge in [-0.3, -0.25) is 14.4 Å². The average molecular weight is 628 g/mol. The van der Waals surface area contributed by atoms with E-state index in [9.17, 15) is 22.8 Å². The molecule has 0 spiro atoms. The zero-order chi connectivity index (χ0) is 30.6. The maximum absolute atomic E-state index is 13.8. The lowest BCUT2D eigenvalue weighted by Gasteiger charge is -2.69. The van der Waals surface area contributed by atoms with Gasteiger partial charge >= 0.3 is 0 Å².